The number of ether oxygens (including phenoxy) is 3. The Balaban J connectivity index is 4.32. The van der Waals surface area contributed by atoms with Gasteiger partial charge in [0.25, 0.3) is 0 Å². The number of allylic oxidation sites excluding steroid dienone is 6. The first-order valence-electron chi connectivity index (χ1n) is 30.0. The van der Waals surface area contributed by atoms with Gasteiger partial charge in [-0.15, -0.1) is 0 Å². The van der Waals surface area contributed by atoms with E-state index in [2.05, 4.69) is 57.2 Å². The van der Waals surface area contributed by atoms with Crippen LogP contribution >= 0.6 is 0 Å². The molecule has 6 heteroatoms. The van der Waals surface area contributed by atoms with E-state index in [0.29, 0.717) is 19.3 Å². The Bertz CT molecular complexity index is 1140. The standard InChI is InChI=1S/C62H114O6/c1-4-7-10-13-16-19-22-25-28-30-31-32-35-37-40-43-46-49-52-55-61(64)67-58-59(57-66-60(63)54-51-48-45-42-39-36-33-27-24-21-18-15-12-9-6-3)68-62(65)56-53-50-47-44-41-38-34-29-26-23-20-17-14-11-8-5-2/h9,12,18,21,27,33,59H,4-8,10-11,13-17,19-20,22-26,28-32,34-58H2,1-3H3/b12-9+,21-18+,33-27+/t59-/m1/s1. The Morgan fingerprint density at radius 1 is 0.309 bits per heavy atom. The molecular formula is C62H114O6. The number of hydrogen-bond donors (Lipinski definition) is 0. The largest absolute Gasteiger partial charge is 0.462 e. The highest BCUT2D eigenvalue weighted by Crippen LogP contribution is 2.17. The molecule has 0 radical (unpaired) electrons. The van der Waals surface area contributed by atoms with Gasteiger partial charge in [0.15, 0.2) is 6.10 Å². The molecule has 0 bridgehead atoms. The Morgan fingerprint density at radius 3 is 0.897 bits per heavy atom. The first-order chi connectivity index (χ1) is 33.5. The molecule has 1 atom stereocenters. The van der Waals surface area contributed by atoms with Gasteiger partial charge in [0.05, 0.1) is 0 Å². The van der Waals surface area contributed by atoms with E-state index < -0.39 is 6.10 Å². The van der Waals surface area contributed by atoms with Crippen molar-refractivity contribution in [2.75, 3.05) is 13.2 Å². The molecular weight excluding hydrogens is 841 g/mol. The zero-order chi connectivity index (χ0) is 49.3. The molecule has 0 amide bonds. The molecule has 0 spiro atoms. The van der Waals surface area contributed by atoms with Crippen molar-refractivity contribution in [2.45, 2.75) is 329 Å². The van der Waals surface area contributed by atoms with Crippen molar-refractivity contribution < 1.29 is 28.6 Å². The predicted octanol–water partition coefficient (Wildman–Crippen LogP) is 20.0. The molecule has 0 saturated carbocycles. The Kier molecular flexibility index (Phi) is 55.2. The van der Waals surface area contributed by atoms with E-state index in [1.807, 2.05) is 0 Å². The van der Waals surface area contributed by atoms with Crippen LogP contribution in [0.2, 0.25) is 0 Å². The van der Waals surface area contributed by atoms with E-state index in [1.54, 1.807) is 0 Å². The van der Waals surface area contributed by atoms with E-state index in [9.17, 15) is 14.4 Å². The molecule has 0 aliphatic heterocycles. The van der Waals surface area contributed by atoms with Gasteiger partial charge in [-0.25, -0.2) is 0 Å². The summed E-state index contributed by atoms with van der Waals surface area (Å²) in [4.78, 5) is 38.2. The van der Waals surface area contributed by atoms with Crippen LogP contribution in [-0.4, -0.2) is 37.2 Å². The normalized spacial score (nSPS) is 12.2. The minimum absolute atomic E-state index is 0.0724. The lowest BCUT2D eigenvalue weighted by atomic mass is 10.0. The number of hydrogen-bond acceptors (Lipinski definition) is 6. The molecule has 0 fully saturated rings. The summed E-state index contributed by atoms with van der Waals surface area (Å²) in [6, 6.07) is 0. The average Bonchev–Trinajstić information content (AvgIpc) is 3.34. The van der Waals surface area contributed by atoms with Crippen LogP contribution in [0.3, 0.4) is 0 Å². The number of rotatable bonds is 55. The zero-order valence-electron chi connectivity index (χ0n) is 45.6. The monoisotopic (exact) mass is 955 g/mol. The van der Waals surface area contributed by atoms with Gasteiger partial charge in [0, 0.05) is 19.3 Å². The number of carbonyl (C=O) groups is 3. The minimum Gasteiger partial charge on any atom is -0.462 e. The van der Waals surface area contributed by atoms with Crippen LogP contribution in [0.4, 0.5) is 0 Å². The van der Waals surface area contributed by atoms with Crippen molar-refractivity contribution in [3.63, 3.8) is 0 Å². The van der Waals surface area contributed by atoms with Gasteiger partial charge in [0.1, 0.15) is 13.2 Å². The van der Waals surface area contributed by atoms with E-state index >= 15 is 0 Å². The molecule has 0 rings (SSSR count). The summed E-state index contributed by atoms with van der Waals surface area (Å²) in [5.41, 5.74) is 0. The van der Waals surface area contributed by atoms with Gasteiger partial charge in [-0.3, -0.25) is 14.4 Å². The van der Waals surface area contributed by atoms with E-state index in [-0.39, 0.29) is 31.1 Å². The molecule has 0 saturated heterocycles. The highest BCUT2D eigenvalue weighted by Gasteiger charge is 2.19. The molecule has 68 heavy (non-hydrogen) atoms. The number of unbranched alkanes of at least 4 members (excludes halogenated alkanes) is 38. The lowest BCUT2D eigenvalue weighted by Crippen LogP contribution is -2.30. The zero-order valence-corrected chi connectivity index (χ0v) is 45.6. The van der Waals surface area contributed by atoms with Gasteiger partial charge < -0.3 is 14.2 Å². The van der Waals surface area contributed by atoms with Gasteiger partial charge in [-0.2, -0.15) is 0 Å². The van der Waals surface area contributed by atoms with Crippen molar-refractivity contribution in [2.24, 2.45) is 0 Å². The fraction of sp³-hybridized carbons (Fsp3) is 0.855. The number of carbonyl (C=O) groups excluding carboxylic acids is 3. The second kappa shape index (κ2) is 57.2. The van der Waals surface area contributed by atoms with Crippen LogP contribution in [0, 0.1) is 0 Å². The van der Waals surface area contributed by atoms with Gasteiger partial charge >= 0.3 is 17.9 Å². The van der Waals surface area contributed by atoms with Gasteiger partial charge in [-0.05, 0) is 51.4 Å². The topological polar surface area (TPSA) is 78.9 Å². The second-order valence-corrected chi connectivity index (χ2v) is 20.2. The molecule has 0 aromatic carbocycles. The summed E-state index contributed by atoms with van der Waals surface area (Å²) < 4.78 is 16.9. The first-order valence-corrected chi connectivity index (χ1v) is 30.0. The lowest BCUT2D eigenvalue weighted by molar-refractivity contribution is -0.167. The maximum Gasteiger partial charge on any atom is 0.306 e. The molecule has 0 unspecified atom stereocenters. The Hall–Kier alpha value is -2.37. The van der Waals surface area contributed by atoms with Crippen LogP contribution in [-0.2, 0) is 28.6 Å². The maximum atomic E-state index is 12.9. The average molecular weight is 956 g/mol. The van der Waals surface area contributed by atoms with Crippen molar-refractivity contribution in [3.05, 3.63) is 36.5 Å². The van der Waals surface area contributed by atoms with E-state index in [0.717, 1.165) is 96.3 Å². The fourth-order valence-corrected chi connectivity index (χ4v) is 8.93. The molecule has 6 nitrogen and oxygen atoms in total. The molecule has 0 aromatic heterocycles. The van der Waals surface area contributed by atoms with Crippen molar-refractivity contribution in [3.8, 4) is 0 Å². The third-order valence-corrected chi connectivity index (χ3v) is 13.4. The smallest absolute Gasteiger partial charge is 0.306 e. The fourth-order valence-electron chi connectivity index (χ4n) is 8.93. The van der Waals surface area contributed by atoms with Crippen LogP contribution in [0.15, 0.2) is 36.5 Å². The molecule has 0 aliphatic rings. The van der Waals surface area contributed by atoms with E-state index in [1.165, 1.54) is 186 Å². The number of esters is 3. The summed E-state index contributed by atoms with van der Waals surface area (Å²) in [7, 11) is 0. The minimum atomic E-state index is -0.775. The van der Waals surface area contributed by atoms with Crippen LogP contribution in [0.25, 0.3) is 0 Å². The quantitative estimate of drug-likeness (QED) is 0.0262. The third-order valence-electron chi connectivity index (χ3n) is 13.4. The second-order valence-electron chi connectivity index (χ2n) is 20.2. The molecule has 0 N–H and O–H groups in total. The van der Waals surface area contributed by atoms with Gasteiger partial charge in [-0.1, -0.05) is 288 Å². The third kappa shape index (κ3) is 54.6. The van der Waals surface area contributed by atoms with E-state index in [4.69, 9.17) is 14.2 Å². The van der Waals surface area contributed by atoms with Crippen LogP contribution in [0.1, 0.15) is 323 Å². The summed E-state index contributed by atoms with van der Waals surface area (Å²) in [5.74, 6) is -0.868. The highest BCUT2D eigenvalue weighted by atomic mass is 16.6. The summed E-state index contributed by atoms with van der Waals surface area (Å²) in [6.07, 6.45) is 68.5. The first kappa shape index (κ1) is 65.6. The predicted molar refractivity (Wildman–Crippen MR) is 293 cm³/mol. The maximum absolute atomic E-state index is 12.9. The summed E-state index contributed by atoms with van der Waals surface area (Å²) >= 11 is 0. The summed E-state index contributed by atoms with van der Waals surface area (Å²) in [5, 5.41) is 0. The van der Waals surface area contributed by atoms with Crippen molar-refractivity contribution >= 4 is 17.9 Å². The van der Waals surface area contributed by atoms with Gasteiger partial charge in [0.2, 0.25) is 0 Å². The van der Waals surface area contributed by atoms with Crippen LogP contribution in [0.5, 0.6) is 0 Å². The van der Waals surface area contributed by atoms with Crippen molar-refractivity contribution in [1.82, 2.24) is 0 Å². The Labute approximate surface area is 423 Å². The molecule has 398 valence electrons. The molecule has 0 heterocycles. The summed E-state index contributed by atoms with van der Waals surface area (Å²) in [6.45, 7) is 6.57. The lowest BCUT2D eigenvalue weighted by Gasteiger charge is -2.18. The highest BCUT2D eigenvalue weighted by molar-refractivity contribution is 5.71. The SMILES string of the molecule is CC/C=C/C/C=C/C/C=C/CCCCCCCC(=O)OC[C@H](COC(=O)CCCCCCCCCCCCCCCCCCCCC)OC(=O)CCCCCCCCCCCCCCCCCC. The molecule has 0 aliphatic carbocycles. The molecule has 0 aromatic rings. The van der Waals surface area contributed by atoms with Crippen molar-refractivity contribution in [1.29, 1.82) is 0 Å². The Morgan fingerprint density at radius 2 is 0.574 bits per heavy atom. The van der Waals surface area contributed by atoms with Crippen LogP contribution < -0.4 is 0 Å².